The summed E-state index contributed by atoms with van der Waals surface area (Å²) in [6.07, 6.45) is 3.58. The van der Waals surface area contributed by atoms with Gasteiger partial charge in [-0.2, -0.15) is 0 Å². The molecule has 0 aliphatic carbocycles. The minimum Gasteiger partial charge on any atom is -0.476 e. The van der Waals surface area contributed by atoms with Crippen molar-refractivity contribution in [2.45, 2.75) is 57.7 Å². The van der Waals surface area contributed by atoms with Crippen molar-refractivity contribution in [3.63, 3.8) is 0 Å². The molecule has 3 aliphatic rings. The molecular formula is C36H30F2N6O5. The topological polar surface area (TPSA) is 135 Å². The Morgan fingerprint density at radius 2 is 1.76 bits per heavy atom. The molecule has 2 aromatic carbocycles. The Morgan fingerprint density at radius 3 is 2.49 bits per heavy atom. The van der Waals surface area contributed by atoms with Crippen molar-refractivity contribution in [2.24, 2.45) is 0 Å². The molecule has 0 spiro atoms. The molecule has 1 saturated heterocycles. The molecular weight excluding hydrogens is 634 g/mol. The number of amides is 2. The number of aromatic amines is 1. The molecule has 248 valence electrons. The van der Waals surface area contributed by atoms with Crippen LogP contribution in [0.4, 0.5) is 14.5 Å². The summed E-state index contributed by atoms with van der Waals surface area (Å²) in [6, 6.07) is 14.1. The van der Waals surface area contributed by atoms with Crippen LogP contribution in [0.15, 0.2) is 70.0 Å². The van der Waals surface area contributed by atoms with Crippen LogP contribution in [-0.2, 0) is 24.2 Å². The van der Waals surface area contributed by atoms with Gasteiger partial charge < -0.3 is 14.1 Å². The van der Waals surface area contributed by atoms with Gasteiger partial charge in [-0.3, -0.25) is 24.5 Å². The lowest BCUT2D eigenvalue weighted by Crippen LogP contribution is -2.52. The zero-order valence-electron chi connectivity index (χ0n) is 26.6. The van der Waals surface area contributed by atoms with E-state index in [0.717, 1.165) is 24.6 Å². The van der Waals surface area contributed by atoms with Crippen LogP contribution in [0.25, 0.3) is 22.6 Å². The minimum absolute atomic E-state index is 0.0255. The van der Waals surface area contributed by atoms with Crippen LogP contribution in [-0.4, -0.2) is 49.0 Å². The largest absolute Gasteiger partial charge is 0.476 e. The summed E-state index contributed by atoms with van der Waals surface area (Å²) in [5, 5.41) is 6.51. The van der Waals surface area contributed by atoms with Gasteiger partial charge in [-0.15, -0.1) is 5.10 Å². The second-order valence-electron chi connectivity index (χ2n) is 12.9. The Kier molecular flexibility index (Phi) is 7.16. The third kappa shape index (κ3) is 5.25. The molecule has 3 aliphatic heterocycles. The number of fused-ring (bicyclic) bond motifs is 4. The normalized spacial score (nSPS) is 17.6. The standard InChI is InChI=1S/C36H30F2N6O5/c1-36(2)34(46)44(18-23-12-11-22(38)17-39-23)25-14-8-20(16-27(25)49-36)28-29(32-41-42-35(47)48-32)24(13-7-19-5-9-21(37)10-6-19)40-31-26-4-3-15-43(26)33(45)30(28)31/h5-6,8-12,14,16-17,26H,3-4,7,13,15,18H2,1-2H3,(H,42,47)/t26-/m0/s1. The molecule has 13 heteroatoms. The molecule has 0 bridgehead atoms. The Hall–Kier alpha value is -5.72. The number of aryl methyl sites for hydroxylation is 2. The SMILES string of the molecule is CC1(C)Oc2cc(-c3c4c(nc(CCc5ccc(F)cc5)c3-c3n[nH]c(=O)o3)[C@@H]3CCCN3C4=O)ccc2N(Cc2ccc(F)cn2)C1=O. The molecule has 2 amide bonds. The van der Waals surface area contributed by atoms with Crippen molar-refractivity contribution < 1.29 is 27.5 Å². The molecule has 0 saturated carbocycles. The van der Waals surface area contributed by atoms with Crippen LogP contribution in [0.2, 0.25) is 0 Å². The van der Waals surface area contributed by atoms with Crippen LogP contribution in [0.5, 0.6) is 5.75 Å². The number of anilines is 1. The highest BCUT2D eigenvalue weighted by Crippen LogP contribution is 2.49. The summed E-state index contributed by atoms with van der Waals surface area (Å²) in [4.78, 5) is 52.6. The molecule has 49 heavy (non-hydrogen) atoms. The lowest BCUT2D eigenvalue weighted by molar-refractivity contribution is -0.132. The van der Waals surface area contributed by atoms with Crippen LogP contribution >= 0.6 is 0 Å². The van der Waals surface area contributed by atoms with Crippen molar-refractivity contribution >= 4 is 17.5 Å². The number of hydrogen-bond acceptors (Lipinski definition) is 8. The zero-order chi connectivity index (χ0) is 34.0. The first kappa shape index (κ1) is 30.6. The number of H-pyrrole nitrogens is 1. The van der Waals surface area contributed by atoms with Gasteiger partial charge in [0.1, 0.15) is 17.4 Å². The maximum absolute atomic E-state index is 14.1. The number of halogens is 2. The van der Waals surface area contributed by atoms with Crippen molar-refractivity contribution in [3.8, 4) is 28.3 Å². The summed E-state index contributed by atoms with van der Waals surface area (Å²) in [5.41, 5.74) is 3.62. The van der Waals surface area contributed by atoms with E-state index in [-0.39, 0.29) is 36.1 Å². The van der Waals surface area contributed by atoms with Gasteiger partial charge in [0, 0.05) is 12.1 Å². The monoisotopic (exact) mass is 664 g/mol. The van der Waals surface area contributed by atoms with E-state index in [2.05, 4.69) is 15.2 Å². The third-order valence-corrected chi connectivity index (χ3v) is 9.33. The fourth-order valence-corrected chi connectivity index (χ4v) is 7.05. The van der Waals surface area contributed by atoms with Gasteiger partial charge in [0.2, 0.25) is 0 Å². The molecule has 3 aromatic heterocycles. The van der Waals surface area contributed by atoms with Crippen molar-refractivity contribution in [1.82, 2.24) is 25.1 Å². The van der Waals surface area contributed by atoms with E-state index >= 15 is 0 Å². The summed E-state index contributed by atoms with van der Waals surface area (Å²) < 4.78 is 39.1. The number of benzene rings is 2. The Morgan fingerprint density at radius 1 is 0.959 bits per heavy atom. The molecule has 0 radical (unpaired) electrons. The minimum atomic E-state index is -1.26. The summed E-state index contributed by atoms with van der Waals surface area (Å²) in [6.45, 7) is 3.99. The van der Waals surface area contributed by atoms with Gasteiger partial charge in [-0.1, -0.05) is 18.2 Å². The highest BCUT2D eigenvalue weighted by molar-refractivity contribution is 6.09. The van der Waals surface area contributed by atoms with E-state index in [1.165, 1.54) is 24.3 Å². The number of hydrogen-bond donors (Lipinski definition) is 1. The molecule has 0 unspecified atom stereocenters. The smallest absolute Gasteiger partial charge is 0.434 e. The number of ether oxygens (including phenoxy) is 1. The molecule has 6 heterocycles. The van der Waals surface area contributed by atoms with Gasteiger partial charge in [0.25, 0.3) is 17.7 Å². The van der Waals surface area contributed by atoms with Gasteiger partial charge in [-0.25, -0.2) is 18.7 Å². The molecule has 1 N–H and O–H groups in total. The number of carbonyl (C=O) groups is 2. The highest BCUT2D eigenvalue weighted by Gasteiger charge is 2.45. The first-order valence-corrected chi connectivity index (χ1v) is 16.0. The number of carbonyl (C=O) groups excluding carboxylic acids is 2. The summed E-state index contributed by atoms with van der Waals surface area (Å²) >= 11 is 0. The molecule has 5 aromatic rings. The molecule has 11 nitrogen and oxygen atoms in total. The fraction of sp³-hybridized carbons (Fsp3) is 0.278. The average molecular weight is 665 g/mol. The Labute approximate surface area is 278 Å². The van der Waals surface area contributed by atoms with E-state index in [1.807, 2.05) is 4.90 Å². The molecule has 1 fully saturated rings. The van der Waals surface area contributed by atoms with Gasteiger partial charge in [-0.05, 0) is 87.1 Å². The lowest BCUT2D eigenvalue weighted by atomic mass is 9.89. The number of nitrogens with one attached hydrogen (secondary N) is 1. The maximum atomic E-state index is 14.1. The van der Waals surface area contributed by atoms with E-state index in [1.54, 1.807) is 49.1 Å². The second-order valence-corrected chi connectivity index (χ2v) is 12.9. The van der Waals surface area contributed by atoms with Gasteiger partial charge in [0.15, 0.2) is 5.60 Å². The number of rotatable bonds is 7. The van der Waals surface area contributed by atoms with E-state index in [4.69, 9.17) is 14.1 Å². The van der Waals surface area contributed by atoms with Crippen LogP contribution < -0.4 is 15.4 Å². The fourth-order valence-electron chi connectivity index (χ4n) is 7.05. The maximum Gasteiger partial charge on any atom is 0.434 e. The first-order chi connectivity index (χ1) is 23.6. The number of aromatic nitrogens is 4. The van der Waals surface area contributed by atoms with Gasteiger partial charge >= 0.3 is 5.76 Å². The average Bonchev–Trinajstić information content (AvgIpc) is 3.81. The van der Waals surface area contributed by atoms with E-state index in [0.29, 0.717) is 70.2 Å². The number of nitrogens with zero attached hydrogens (tertiary/aromatic N) is 5. The van der Waals surface area contributed by atoms with Crippen LogP contribution in [0, 0.1) is 11.6 Å². The molecule has 8 rings (SSSR count). The predicted octanol–water partition coefficient (Wildman–Crippen LogP) is 5.55. The number of pyridine rings is 2. The summed E-state index contributed by atoms with van der Waals surface area (Å²) in [7, 11) is 0. The first-order valence-electron chi connectivity index (χ1n) is 16.0. The quantitative estimate of drug-likeness (QED) is 0.240. The Balaban J connectivity index is 1.31. The second kappa shape index (κ2) is 11.5. The molecule has 1 atom stereocenters. The Bertz CT molecular complexity index is 2200. The van der Waals surface area contributed by atoms with E-state index < -0.39 is 17.2 Å². The van der Waals surface area contributed by atoms with Crippen molar-refractivity contribution in [1.29, 1.82) is 0 Å². The zero-order valence-corrected chi connectivity index (χ0v) is 26.6. The van der Waals surface area contributed by atoms with E-state index in [9.17, 15) is 23.2 Å². The van der Waals surface area contributed by atoms with Gasteiger partial charge in [0.05, 0.1) is 52.7 Å². The van der Waals surface area contributed by atoms with Crippen molar-refractivity contribution in [2.75, 3.05) is 11.4 Å². The van der Waals surface area contributed by atoms with Crippen molar-refractivity contribution in [3.05, 3.63) is 111 Å². The third-order valence-electron chi connectivity index (χ3n) is 9.33. The van der Waals surface area contributed by atoms with Crippen LogP contribution in [0.3, 0.4) is 0 Å². The van der Waals surface area contributed by atoms with Crippen LogP contribution in [0.1, 0.15) is 65.7 Å². The summed E-state index contributed by atoms with van der Waals surface area (Å²) in [5.74, 6) is -1.72. The highest BCUT2D eigenvalue weighted by atomic mass is 19.1. The lowest BCUT2D eigenvalue weighted by Gasteiger charge is -2.39. The predicted molar refractivity (Wildman–Crippen MR) is 173 cm³/mol.